The van der Waals surface area contributed by atoms with Crippen LogP contribution in [0.1, 0.15) is 38.3 Å². The molecule has 0 fully saturated rings. The zero-order valence-corrected chi connectivity index (χ0v) is 21.8. The van der Waals surface area contributed by atoms with Gasteiger partial charge in [0.25, 0.3) is 5.91 Å². The standard InChI is InChI=1S/C29H20ClF7N2O2/c1-41-24-11-8-19(28(32,33)34)14-22(24)27(15-17-5-3-2-4-6-17,25-12-9-20(30)16-38-25)39-26(40)18-7-10-23(31)21(13-18)29(35,36)37/h2-14,16H,15H2,1H3,(H,39,40)/t27-/m1/s1. The molecule has 3 aromatic carbocycles. The van der Waals surface area contributed by atoms with Gasteiger partial charge in [0, 0.05) is 23.7 Å². The maximum Gasteiger partial charge on any atom is 0.419 e. The lowest BCUT2D eigenvalue weighted by Gasteiger charge is -2.37. The van der Waals surface area contributed by atoms with Gasteiger partial charge in [-0.2, -0.15) is 26.3 Å². The van der Waals surface area contributed by atoms with Crippen molar-refractivity contribution in [1.29, 1.82) is 0 Å². The van der Waals surface area contributed by atoms with Crippen LogP contribution in [0.25, 0.3) is 0 Å². The molecule has 0 aliphatic rings. The highest BCUT2D eigenvalue weighted by Crippen LogP contribution is 2.42. The van der Waals surface area contributed by atoms with Crippen molar-refractivity contribution in [2.75, 3.05) is 7.11 Å². The number of hydrogen-bond donors (Lipinski definition) is 1. The van der Waals surface area contributed by atoms with Gasteiger partial charge < -0.3 is 10.1 Å². The van der Waals surface area contributed by atoms with Crippen molar-refractivity contribution < 1.29 is 40.3 Å². The summed E-state index contributed by atoms with van der Waals surface area (Å²) in [5.74, 6) is -2.80. The van der Waals surface area contributed by atoms with Crippen LogP contribution in [0.2, 0.25) is 5.02 Å². The lowest BCUT2D eigenvalue weighted by atomic mass is 9.79. The van der Waals surface area contributed by atoms with Crippen molar-refractivity contribution >= 4 is 17.5 Å². The lowest BCUT2D eigenvalue weighted by Crippen LogP contribution is -2.49. The largest absolute Gasteiger partial charge is 0.496 e. The number of nitrogens with zero attached hydrogens (tertiary/aromatic N) is 1. The molecule has 1 amide bonds. The van der Waals surface area contributed by atoms with E-state index in [2.05, 4.69) is 10.3 Å². The Bertz CT molecular complexity index is 1540. The quantitative estimate of drug-likeness (QED) is 0.221. The highest BCUT2D eigenvalue weighted by atomic mass is 35.5. The molecule has 0 aliphatic carbocycles. The molecular weight excluding hydrogens is 577 g/mol. The monoisotopic (exact) mass is 596 g/mol. The van der Waals surface area contributed by atoms with E-state index in [4.69, 9.17) is 16.3 Å². The average molecular weight is 597 g/mol. The fourth-order valence-electron chi connectivity index (χ4n) is 4.40. The number of aromatic nitrogens is 1. The fraction of sp³-hybridized carbons (Fsp3) is 0.172. The normalized spacial score (nSPS) is 13.4. The maximum absolute atomic E-state index is 14.0. The van der Waals surface area contributed by atoms with E-state index in [1.54, 1.807) is 30.3 Å². The van der Waals surface area contributed by atoms with Gasteiger partial charge in [0.05, 0.1) is 29.0 Å². The predicted octanol–water partition coefficient (Wildman–Crippen LogP) is 7.84. The van der Waals surface area contributed by atoms with Crippen LogP contribution in [-0.2, 0) is 24.3 Å². The van der Waals surface area contributed by atoms with Crippen LogP contribution in [0.4, 0.5) is 30.7 Å². The molecular formula is C29H20ClF7N2O2. The Kier molecular flexibility index (Phi) is 8.30. The number of halogens is 8. The Balaban J connectivity index is 2.01. The summed E-state index contributed by atoms with van der Waals surface area (Å²) >= 11 is 6.02. The molecule has 0 aliphatic heterocycles. The van der Waals surface area contributed by atoms with Gasteiger partial charge in [0.2, 0.25) is 0 Å². The van der Waals surface area contributed by atoms with E-state index in [0.717, 1.165) is 24.3 Å². The third-order valence-corrected chi connectivity index (χ3v) is 6.55. The highest BCUT2D eigenvalue weighted by Gasteiger charge is 2.43. The van der Waals surface area contributed by atoms with Gasteiger partial charge in [-0.3, -0.25) is 9.78 Å². The van der Waals surface area contributed by atoms with E-state index >= 15 is 0 Å². The van der Waals surface area contributed by atoms with Crippen molar-refractivity contribution in [3.8, 4) is 5.75 Å². The predicted molar refractivity (Wildman–Crippen MR) is 137 cm³/mol. The summed E-state index contributed by atoms with van der Waals surface area (Å²) in [4.78, 5) is 17.9. The average Bonchev–Trinajstić information content (AvgIpc) is 2.92. The minimum atomic E-state index is -5.11. The van der Waals surface area contributed by atoms with Crippen LogP contribution < -0.4 is 10.1 Å². The third kappa shape index (κ3) is 6.45. The molecule has 0 unspecified atom stereocenters. The number of amides is 1. The third-order valence-electron chi connectivity index (χ3n) is 6.32. The Morgan fingerprint density at radius 3 is 2.17 bits per heavy atom. The summed E-state index contributed by atoms with van der Waals surface area (Å²) < 4.78 is 101. The maximum atomic E-state index is 14.0. The van der Waals surface area contributed by atoms with E-state index in [-0.39, 0.29) is 28.5 Å². The van der Waals surface area contributed by atoms with E-state index in [0.29, 0.717) is 17.7 Å². The molecule has 1 aromatic heterocycles. The first-order chi connectivity index (χ1) is 19.2. The number of benzene rings is 3. The molecule has 4 nitrogen and oxygen atoms in total. The first kappa shape index (κ1) is 29.9. The first-order valence-electron chi connectivity index (χ1n) is 11.9. The zero-order chi connectivity index (χ0) is 30.0. The zero-order valence-electron chi connectivity index (χ0n) is 21.1. The minimum Gasteiger partial charge on any atom is -0.496 e. The van der Waals surface area contributed by atoms with Crippen LogP contribution in [-0.4, -0.2) is 18.0 Å². The molecule has 4 rings (SSSR count). The molecule has 0 spiro atoms. The molecule has 214 valence electrons. The molecule has 0 saturated carbocycles. The van der Waals surface area contributed by atoms with E-state index in [1.807, 2.05) is 0 Å². The molecule has 4 aromatic rings. The molecule has 1 heterocycles. The number of hydrogen-bond acceptors (Lipinski definition) is 3. The molecule has 12 heteroatoms. The number of pyridine rings is 1. The summed E-state index contributed by atoms with van der Waals surface area (Å²) in [5.41, 5.74) is -4.93. The molecule has 0 bridgehead atoms. The second-order valence-corrected chi connectivity index (χ2v) is 9.43. The molecule has 0 saturated heterocycles. The summed E-state index contributed by atoms with van der Waals surface area (Å²) in [6.45, 7) is 0. The molecule has 1 atom stereocenters. The summed E-state index contributed by atoms with van der Waals surface area (Å²) in [6, 6.07) is 15.4. The number of carbonyl (C=O) groups excluding carboxylic acids is 1. The Morgan fingerprint density at radius 2 is 1.59 bits per heavy atom. The lowest BCUT2D eigenvalue weighted by molar-refractivity contribution is -0.140. The van der Waals surface area contributed by atoms with Crippen LogP contribution >= 0.6 is 11.6 Å². The number of methoxy groups -OCH3 is 1. The van der Waals surface area contributed by atoms with Gasteiger partial charge in [-0.25, -0.2) is 4.39 Å². The van der Waals surface area contributed by atoms with Crippen molar-refractivity contribution in [3.05, 3.63) is 129 Å². The highest BCUT2D eigenvalue weighted by molar-refractivity contribution is 6.30. The smallest absolute Gasteiger partial charge is 0.419 e. The van der Waals surface area contributed by atoms with Gasteiger partial charge in [-0.1, -0.05) is 41.9 Å². The van der Waals surface area contributed by atoms with Crippen LogP contribution in [0.5, 0.6) is 5.75 Å². The number of alkyl halides is 6. The summed E-state index contributed by atoms with van der Waals surface area (Å²) in [5, 5.41) is 2.80. The number of carbonyl (C=O) groups is 1. The van der Waals surface area contributed by atoms with Crippen molar-refractivity contribution in [2.24, 2.45) is 0 Å². The topological polar surface area (TPSA) is 51.2 Å². The fourth-order valence-corrected chi connectivity index (χ4v) is 4.51. The van der Waals surface area contributed by atoms with E-state index in [9.17, 15) is 35.5 Å². The summed E-state index contributed by atoms with van der Waals surface area (Å²) in [7, 11) is 1.21. The van der Waals surface area contributed by atoms with Crippen LogP contribution in [0.3, 0.4) is 0 Å². The molecule has 1 N–H and O–H groups in total. The Hall–Kier alpha value is -4.12. The SMILES string of the molecule is COc1ccc(C(F)(F)F)cc1[C@@](Cc1ccccc1)(NC(=O)c1ccc(F)c(C(F)(F)F)c1)c1ccc(Cl)cn1. The first-order valence-corrected chi connectivity index (χ1v) is 12.2. The second kappa shape index (κ2) is 11.4. The minimum absolute atomic E-state index is 0.00915. The molecule has 41 heavy (non-hydrogen) atoms. The molecule has 0 radical (unpaired) electrons. The van der Waals surface area contributed by atoms with E-state index in [1.165, 1.54) is 25.4 Å². The van der Waals surface area contributed by atoms with Crippen molar-refractivity contribution in [1.82, 2.24) is 10.3 Å². The van der Waals surface area contributed by atoms with Gasteiger partial charge >= 0.3 is 12.4 Å². The second-order valence-electron chi connectivity index (χ2n) is 8.99. The Morgan fingerprint density at radius 1 is 0.878 bits per heavy atom. The van der Waals surface area contributed by atoms with Crippen LogP contribution in [0.15, 0.2) is 85.1 Å². The van der Waals surface area contributed by atoms with Crippen LogP contribution in [0, 0.1) is 5.82 Å². The van der Waals surface area contributed by atoms with Gasteiger partial charge in [-0.05, 0) is 54.1 Å². The van der Waals surface area contributed by atoms with Crippen molar-refractivity contribution in [2.45, 2.75) is 24.3 Å². The van der Waals surface area contributed by atoms with Gasteiger partial charge in [-0.15, -0.1) is 0 Å². The number of ether oxygens (including phenoxy) is 1. The van der Waals surface area contributed by atoms with Gasteiger partial charge in [0.1, 0.15) is 17.1 Å². The summed E-state index contributed by atoms with van der Waals surface area (Å²) in [6.07, 6.45) is -8.90. The van der Waals surface area contributed by atoms with Gasteiger partial charge in [0.15, 0.2) is 0 Å². The number of rotatable bonds is 7. The number of nitrogens with one attached hydrogen (secondary N) is 1. The van der Waals surface area contributed by atoms with E-state index < -0.39 is 46.3 Å². The van der Waals surface area contributed by atoms with Crippen molar-refractivity contribution in [3.63, 3.8) is 0 Å². The Labute approximate surface area is 234 Å².